The summed E-state index contributed by atoms with van der Waals surface area (Å²) in [5.74, 6) is -0.455. The van der Waals surface area contributed by atoms with Gasteiger partial charge in [-0.15, -0.1) is 0 Å². The normalized spacial score (nSPS) is 9.90. The van der Waals surface area contributed by atoms with Crippen molar-refractivity contribution in [1.82, 2.24) is 16.2 Å². The van der Waals surface area contributed by atoms with E-state index >= 15 is 0 Å². The topological polar surface area (TPSA) is 115 Å². The molecule has 3 N–H and O–H groups in total. The van der Waals surface area contributed by atoms with Crippen molar-refractivity contribution in [3.63, 3.8) is 0 Å². The minimum Gasteiger partial charge on any atom is -0.496 e. The number of methoxy groups -OCH3 is 1. The lowest BCUT2D eigenvalue weighted by Gasteiger charge is -2.12. The number of esters is 1. The van der Waals surface area contributed by atoms with Gasteiger partial charge in [-0.25, -0.2) is 4.79 Å². The minimum absolute atomic E-state index is 0.0934. The van der Waals surface area contributed by atoms with Gasteiger partial charge >= 0.3 is 5.97 Å². The summed E-state index contributed by atoms with van der Waals surface area (Å²) in [4.78, 5) is 35.7. The predicted octanol–water partition coefficient (Wildman–Crippen LogP) is 2.35. The van der Waals surface area contributed by atoms with Crippen LogP contribution in [0.1, 0.15) is 27.6 Å². The quantitative estimate of drug-likeness (QED) is 0.296. The van der Waals surface area contributed by atoms with Crippen molar-refractivity contribution in [2.24, 2.45) is 0 Å². The van der Waals surface area contributed by atoms with Crippen LogP contribution in [-0.4, -0.2) is 43.2 Å². The fourth-order valence-corrected chi connectivity index (χ4v) is 2.91. The summed E-state index contributed by atoms with van der Waals surface area (Å²) in [6, 6.07) is 10.9. The zero-order valence-corrected chi connectivity index (χ0v) is 19.1. The minimum atomic E-state index is -0.529. The van der Waals surface area contributed by atoms with Crippen LogP contribution >= 0.6 is 28.1 Å². The van der Waals surface area contributed by atoms with Gasteiger partial charge in [0, 0.05) is 5.56 Å². The number of carbonyl (C=O) groups is 3. The Morgan fingerprint density at radius 3 is 2.32 bits per heavy atom. The first kappa shape index (κ1) is 24.1. The van der Waals surface area contributed by atoms with Gasteiger partial charge in [-0.2, -0.15) is 0 Å². The van der Waals surface area contributed by atoms with Gasteiger partial charge in [0.1, 0.15) is 11.5 Å². The van der Waals surface area contributed by atoms with Gasteiger partial charge in [-0.05, 0) is 77.5 Å². The molecule has 0 unspecified atom stereocenters. The van der Waals surface area contributed by atoms with Crippen LogP contribution in [0.25, 0.3) is 0 Å². The van der Waals surface area contributed by atoms with Crippen molar-refractivity contribution < 1.29 is 28.6 Å². The SMILES string of the molecule is CCOC(=O)c1ccc(OCC(=O)NNC(=S)NC(=O)c2ccc(OC)c(Br)c2)cc1. The van der Waals surface area contributed by atoms with Crippen LogP contribution in [-0.2, 0) is 9.53 Å². The third kappa shape index (κ3) is 7.54. The lowest BCUT2D eigenvalue weighted by atomic mass is 10.2. The number of amides is 2. The zero-order valence-electron chi connectivity index (χ0n) is 16.7. The third-order valence-electron chi connectivity index (χ3n) is 3.69. The number of ether oxygens (including phenoxy) is 3. The lowest BCUT2D eigenvalue weighted by Crippen LogP contribution is -2.49. The highest BCUT2D eigenvalue weighted by molar-refractivity contribution is 9.10. The fourth-order valence-electron chi connectivity index (χ4n) is 2.23. The maximum absolute atomic E-state index is 12.2. The molecule has 0 spiro atoms. The third-order valence-corrected chi connectivity index (χ3v) is 4.52. The molecule has 2 aromatic rings. The summed E-state index contributed by atoms with van der Waals surface area (Å²) >= 11 is 8.29. The molecule has 0 aliphatic rings. The molecule has 2 amide bonds. The van der Waals surface area contributed by atoms with E-state index in [9.17, 15) is 14.4 Å². The highest BCUT2D eigenvalue weighted by Gasteiger charge is 2.11. The second kappa shape index (κ2) is 11.9. The van der Waals surface area contributed by atoms with Crippen LogP contribution in [0, 0.1) is 0 Å². The molecule has 0 aliphatic heterocycles. The van der Waals surface area contributed by atoms with E-state index in [-0.39, 0.29) is 18.3 Å². The molecule has 0 aromatic heterocycles. The van der Waals surface area contributed by atoms with Gasteiger partial charge < -0.3 is 14.2 Å². The van der Waals surface area contributed by atoms with Gasteiger partial charge in [0.05, 0.1) is 23.8 Å². The second-order valence-electron chi connectivity index (χ2n) is 5.84. The van der Waals surface area contributed by atoms with E-state index in [0.717, 1.165) is 0 Å². The van der Waals surface area contributed by atoms with E-state index < -0.39 is 17.8 Å². The molecule has 9 nitrogen and oxygen atoms in total. The molecule has 0 aliphatic carbocycles. The summed E-state index contributed by atoms with van der Waals surface area (Å²) in [5, 5.41) is 2.34. The average Bonchev–Trinajstić information content (AvgIpc) is 2.76. The Balaban J connectivity index is 1.75. The van der Waals surface area contributed by atoms with Crippen molar-refractivity contribution in [3.05, 3.63) is 58.1 Å². The first-order valence-electron chi connectivity index (χ1n) is 8.97. The van der Waals surface area contributed by atoms with Crippen LogP contribution in [0.15, 0.2) is 46.9 Å². The number of rotatable bonds is 7. The molecular formula is C20H20BrN3O6S. The molecule has 11 heteroatoms. The Labute approximate surface area is 192 Å². The van der Waals surface area contributed by atoms with Crippen molar-refractivity contribution >= 4 is 51.0 Å². The fraction of sp³-hybridized carbons (Fsp3) is 0.200. The molecule has 0 atom stereocenters. The summed E-state index contributed by atoms with van der Waals surface area (Å²) < 4.78 is 15.9. The lowest BCUT2D eigenvalue weighted by molar-refractivity contribution is -0.123. The summed E-state index contributed by atoms with van der Waals surface area (Å²) in [6.45, 7) is 1.69. The number of carbonyl (C=O) groups excluding carboxylic acids is 3. The van der Waals surface area contributed by atoms with E-state index in [2.05, 4.69) is 32.1 Å². The van der Waals surface area contributed by atoms with Crippen molar-refractivity contribution in [3.8, 4) is 11.5 Å². The van der Waals surface area contributed by atoms with E-state index in [1.165, 1.54) is 19.2 Å². The van der Waals surface area contributed by atoms with Crippen LogP contribution in [0.5, 0.6) is 11.5 Å². The van der Waals surface area contributed by atoms with Crippen LogP contribution in [0.3, 0.4) is 0 Å². The molecule has 0 heterocycles. The van der Waals surface area contributed by atoms with Crippen molar-refractivity contribution in [2.75, 3.05) is 20.3 Å². The molecule has 0 saturated carbocycles. The summed E-state index contributed by atoms with van der Waals surface area (Å²) in [6.07, 6.45) is 0. The van der Waals surface area contributed by atoms with E-state index in [0.29, 0.717) is 27.1 Å². The van der Waals surface area contributed by atoms with Crippen molar-refractivity contribution in [2.45, 2.75) is 6.92 Å². The monoisotopic (exact) mass is 509 g/mol. The number of thiocarbonyl (C=S) groups is 1. The Morgan fingerprint density at radius 2 is 1.71 bits per heavy atom. The van der Waals surface area contributed by atoms with E-state index in [1.54, 1.807) is 37.3 Å². The standard InChI is InChI=1S/C20H20BrN3O6S/c1-3-29-19(27)12-4-7-14(8-5-12)30-11-17(25)23-24-20(31)22-18(26)13-6-9-16(28-2)15(21)10-13/h4-10H,3,11H2,1-2H3,(H,23,25)(H2,22,24,26,31). The highest BCUT2D eigenvalue weighted by atomic mass is 79.9. The predicted molar refractivity (Wildman–Crippen MR) is 120 cm³/mol. The second-order valence-corrected chi connectivity index (χ2v) is 7.10. The zero-order chi connectivity index (χ0) is 22.8. The maximum Gasteiger partial charge on any atom is 0.338 e. The van der Waals surface area contributed by atoms with Gasteiger partial charge in [-0.3, -0.25) is 25.8 Å². The Bertz CT molecular complexity index is 968. The molecular weight excluding hydrogens is 490 g/mol. The molecule has 2 aromatic carbocycles. The smallest absolute Gasteiger partial charge is 0.338 e. The average molecular weight is 510 g/mol. The highest BCUT2D eigenvalue weighted by Crippen LogP contribution is 2.25. The molecule has 0 radical (unpaired) electrons. The van der Waals surface area contributed by atoms with E-state index in [1.807, 2.05) is 0 Å². The van der Waals surface area contributed by atoms with Crippen LogP contribution < -0.4 is 25.6 Å². The van der Waals surface area contributed by atoms with Crippen LogP contribution in [0.2, 0.25) is 0 Å². The number of nitrogens with one attached hydrogen (secondary N) is 3. The summed E-state index contributed by atoms with van der Waals surface area (Å²) in [7, 11) is 1.52. The number of hydrazine groups is 1. The number of halogens is 1. The first-order valence-corrected chi connectivity index (χ1v) is 10.2. The molecule has 2 rings (SSSR count). The van der Waals surface area contributed by atoms with Gasteiger partial charge in [0.2, 0.25) is 0 Å². The Morgan fingerprint density at radius 1 is 1.03 bits per heavy atom. The molecule has 0 bridgehead atoms. The largest absolute Gasteiger partial charge is 0.496 e. The molecule has 0 fully saturated rings. The van der Waals surface area contributed by atoms with Gasteiger partial charge in [0.25, 0.3) is 11.8 Å². The Kier molecular flexibility index (Phi) is 9.22. The molecule has 31 heavy (non-hydrogen) atoms. The van der Waals surface area contributed by atoms with Gasteiger partial charge in [0.15, 0.2) is 11.7 Å². The van der Waals surface area contributed by atoms with E-state index in [4.69, 9.17) is 26.4 Å². The number of benzene rings is 2. The molecule has 164 valence electrons. The summed E-state index contributed by atoms with van der Waals surface area (Å²) in [5.41, 5.74) is 5.45. The maximum atomic E-state index is 12.2. The number of hydrogen-bond donors (Lipinski definition) is 3. The Hall–Kier alpha value is -3.18. The van der Waals surface area contributed by atoms with Crippen LogP contribution in [0.4, 0.5) is 0 Å². The number of hydrogen-bond acceptors (Lipinski definition) is 7. The first-order chi connectivity index (χ1) is 14.8. The van der Waals surface area contributed by atoms with Crippen molar-refractivity contribution in [1.29, 1.82) is 0 Å². The molecule has 0 saturated heterocycles. The van der Waals surface area contributed by atoms with Gasteiger partial charge in [-0.1, -0.05) is 0 Å².